The molecule has 6 nitrogen and oxygen atoms in total. The van der Waals surface area contributed by atoms with Crippen LogP contribution < -0.4 is 10.5 Å². The number of nitrogen functional groups attached to an aromatic ring is 1. The van der Waals surface area contributed by atoms with Gasteiger partial charge in [-0.15, -0.1) is 0 Å². The van der Waals surface area contributed by atoms with Gasteiger partial charge in [-0.2, -0.15) is 0 Å². The first kappa shape index (κ1) is 16.2. The van der Waals surface area contributed by atoms with Crippen LogP contribution in [0.4, 0.5) is 10.2 Å². The highest BCUT2D eigenvalue weighted by Crippen LogP contribution is 2.21. The van der Waals surface area contributed by atoms with Gasteiger partial charge >= 0.3 is 0 Å². The number of rotatable bonds is 4. The highest BCUT2D eigenvalue weighted by molar-refractivity contribution is 5.78. The van der Waals surface area contributed by atoms with E-state index < -0.39 is 0 Å². The molecule has 2 aromatic rings. The van der Waals surface area contributed by atoms with Crippen molar-refractivity contribution in [3.05, 3.63) is 54.0 Å². The standard InChI is InChI=1S/C17H18FN3O3/c18-12-4-6-13(7-5-12)24-11-17(22)21-8-9-23-15(10-21)14-2-1-3-16(19)20-14/h1-7,15H,8-11H2,(H2,19,20). The first-order valence-electron chi connectivity index (χ1n) is 7.62. The Morgan fingerprint density at radius 2 is 2.12 bits per heavy atom. The van der Waals surface area contributed by atoms with E-state index in [0.29, 0.717) is 37.0 Å². The van der Waals surface area contributed by atoms with Crippen molar-refractivity contribution in [3.8, 4) is 5.75 Å². The number of amides is 1. The summed E-state index contributed by atoms with van der Waals surface area (Å²) < 4.78 is 23.9. The maximum Gasteiger partial charge on any atom is 0.260 e. The number of hydrogen-bond acceptors (Lipinski definition) is 5. The Bertz CT molecular complexity index is 708. The van der Waals surface area contributed by atoms with Gasteiger partial charge in [-0.1, -0.05) is 6.07 Å². The topological polar surface area (TPSA) is 77.7 Å². The van der Waals surface area contributed by atoms with Crippen molar-refractivity contribution in [2.24, 2.45) is 0 Å². The van der Waals surface area contributed by atoms with Gasteiger partial charge in [0.05, 0.1) is 18.8 Å². The lowest BCUT2D eigenvalue weighted by atomic mass is 10.2. The molecule has 1 amide bonds. The number of pyridine rings is 1. The van der Waals surface area contributed by atoms with Crippen molar-refractivity contribution in [2.75, 3.05) is 32.0 Å². The van der Waals surface area contributed by atoms with Gasteiger partial charge in [0.15, 0.2) is 6.61 Å². The molecule has 1 saturated heterocycles. The number of aromatic nitrogens is 1. The van der Waals surface area contributed by atoms with Crippen LogP contribution >= 0.6 is 0 Å². The number of ether oxygens (including phenoxy) is 2. The molecule has 1 aromatic heterocycles. The van der Waals surface area contributed by atoms with Gasteiger partial charge < -0.3 is 20.1 Å². The zero-order valence-corrected chi connectivity index (χ0v) is 13.0. The van der Waals surface area contributed by atoms with Gasteiger partial charge in [-0.05, 0) is 36.4 Å². The molecule has 0 aliphatic carbocycles. The van der Waals surface area contributed by atoms with E-state index in [9.17, 15) is 9.18 Å². The number of halogens is 1. The number of nitrogens with two attached hydrogens (primary N) is 1. The molecule has 0 radical (unpaired) electrons. The molecule has 2 N–H and O–H groups in total. The van der Waals surface area contributed by atoms with Crippen molar-refractivity contribution in [1.29, 1.82) is 0 Å². The van der Waals surface area contributed by atoms with Gasteiger partial charge in [-0.3, -0.25) is 4.79 Å². The van der Waals surface area contributed by atoms with Crippen LogP contribution in [0, 0.1) is 5.82 Å². The van der Waals surface area contributed by atoms with Crippen molar-refractivity contribution >= 4 is 11.7 Å². The van der Waals surface area contributed by atoms with E-state index in [-0.39, 0.29) is 24.4 Å². The second kappa shape index (κ2) is 7.27. The number of hydrogen-bond donors (Lipinski definition) is 1. The summed E-state index contributed by atoms with van der Waals surface area (Å²) in [4.78, 5) is 18.2. The lowest BCUT2D eigenvalue weighted by Crippen LogP contribution is -2.44. The Morgan fingerprint density at radius 3 is 2.88 bits per heavy atom. The number of carbonyl (C=O) groups excluding carboxylic acids is 1. The highest BCUT2D eigenvalue weighted by atomic mass is 19.1. The fourth-order valence-corrected chi connectivity index (χ4v) is 2.47. The van der Waals surface area contributed by atoms with Gasteiger partial charge in [-0.25, -0.2) is 9.37 Å². The van der Waals surface area contributed by atoms with Crippen LogP contribution in [0.5, 0.6) is 5.75 Å². The average molecular weight is 331 g/mol. The summed E-state index contributed by atoms with van der Waals surface area (Å²) in [6.07, 6.45) is -0.308. The lowest BCUT2D eigenvalue weighted by molar-refractivity contribution is -0.141. The molecule has 1 fully saturated rings. The first-order chi connectivity index (χ1) is 11.6. The molecule has 2 heterocycles. The summed E-state index contributed by atoms with van der Waals surface area (Å²) in [6.45, 7) is 1.19. The fraction of sp³-hybridized carbons (Fsp3) is 0.294. The van der Waals surface area contributed by atoms with Gasteiger partial charge in [0.2, 0.25) is 0 Å². The average Bonchev–Trinajstić information content (AvgIpc) is 2.61. The molecule has 1 aliphatic heterocycles. The van der Waals surface area contributed by atoms with Gasteiger partial charge in [0, 0.05) is 6.54 Å². The van der Waals surface area contributed by atoms with Crippen molar-refractivity contribution in [3.63, 3.8) is 0 Å². The van der Waals surface area contributed by atoms with E-state index in [4.69, 9.17) is 15.2 Å². The molecule has 3 rings (SSSR count). The van der Waals surface area contributed by atoms with Gasteiger partial charge in [0.25, 0.3) is 5.91 Å². The third-order valence-corrected chi connectivity index (χ3v) is 3.72. The largest absolute Gasteiger partial charge is 0.484 e. The Balaban J connectivity index is 1.57. The first-order valence-corrected chi connectivity index (χ1v) is 7.62. The molecule has 7 heteroatoms. The molecule has 0 bridgehead atoms. The quantitative estimate of drug-likeness (QED) is 0.924. The van der Waals surface area contributed by atoms with Crippen LogP contribution in [0.15, 0.2) is 42.5 Å². The Hall–Kier alpha value is -2.67. The minimum atomic E-state index is -0.348. The summed E-state index contributed by atoms with van der Waals surface area (Å²) in [6, 6.07) is 10.9. The zero-order valence-electron chi connectivity index (χ0n) is 13.0. The maximum atomic E-state index is 12.8. The predicted octanol–water partition coefficient (Wildman–Crippen LogP) is 1.78. The number of carbonyl (C=O) groups is 1. The number of anilines is 1. The SMILES string of the molecule is Nc1cccc(C2CN(C(=O)COc3ccc(F)cc3)CCO2)n1. The van der Waals surface area contributed by atoms with E-state index in [0.717, 1.165) is 0 Å². The number of benzene rings is 1. The molecule has 1 aromatic carbocycles. The molecule has 126 valence electrons. The maximum absolute atomic E-state index is 12.8. The predicted molar refractivity (Wildman–Crippen MR) is 85.8 cm³/mol. The third kappa shape index (κ3) is 3.99. The van der Waals surface area contributed by atoms with Crippen LogP contribution in [-0.2, 0) is 9.53 Å². The zero-order chi connectivity index (χ0) is 16.9. The number of morpholine rings is 1. The molecule has 24 heavy (non-hydrogen) atoms. The van der Waals surface area contributed by atoms with Crippen LogP contribution in [0.2, 0.25) is 0 Å². The number of nitrogens with zero attached hydrogens (tertiary/aromatic N) is 2. The molecule has 1 atom stereocenters. The minimum Gasteiger partial charge on any atom is -0.484 e. The van der Waals surface area contributed by atoms with E-state index in [1.54, 1.807) is 17.0 Å². The Morgan fingerprint density at radius 1 is 1.33 bits per heavy atom. The monoisotopic (exact) mass is 331 g/mol. The van der Waals surface area contributed by atoms with Crippen LogP contribution in [0.3, 0.4) is 0 Å². The van der Waals surface area contributed by atoms with E-state index in [1.807, 2.05) is 6.07 Å². The molecule has 0 spiro atoms. The van der Waals surface area contributed by atoms with Crippen molar-refractivity contribution in [2.45, 2.75) is 6.10 Å². The van der Waals surface area contributed by atoms with Crippen molar-refractivity contribution in [1.82, 2.24) is 9.88 Å². The molecule has 1 aliphatic rings. The minimum absolute atomic E-state index is 0.108. The van der Waals surface area contributed by atoms with Crippen LogP contribution in [0.1, 0.15) is 11.8 Å². The Kier molecular flexibility index (Phi) is 4.90. The summed E-state index contributed by atoms with van der Waals surface area (Å²) in [5, 5.41) is 0. The van der Waals surface area contributed by atoms with Gasteiger partial charge in [0.1, 0.15) is 23.5 Å². The van der Waals surface area contributed by atoms with Crippen LogP contribution in [-0.4, -0.2) is 42.1 Å². The normalized spacial score (nSPS) is 17.5. The molecule has 0 saturated carbocycles. The summed E-state index contributed by atoms with van der Waals surface area (Å²) in [7, 11) is 0. The Labute approximate surface area is 139 Å². The fourth-order valence-electron chi connectivity index (χ4n) is 2.47. The lowest BCUT2D eigenvalue weighted by Gasteiger charge is -2.32. The highest BCUT2D eigenvalue weighted by Gasteiger charge is 2.26. The third-order valence-electron chi connectivity index (χ3n) is 3.72. The van der Waals surface area contributed by atoms with E-state index in [1.165, 1.54) is 24.3 Å². The summed E-state index contributed by atoms with van der Waals surface area (Å²) in [5.74, 6) is 0.363. The van der Waals surface area contributed by atoms with Crippen LogP contribution in [0.25, 0.3) is 0 Å². The molecular formula is C17H18FN3O3. The molecular weight excluding hydrogens is 313 g/mol. The smallest absolute Gasteiger partial charge is 0.260 e. The summed E-state index contributed by atoms with van der Waals surface area (Å²) >= 11 is 0. The second-order valence-electron chi connectivity index (χ2n) is 5.43. The van der Waals surface area contributed by atoms with Crippen molar-refractivity contribution < 1.29 is 18.7 Å². The molecule has 1 unspecified atom stereocenters. The van der Waals surface area contributed by atoms with E-state index in [2.05, 4.69) is 4.98 Å². The van der Waals surface area contributed by atoms with E-state index >= 15 is 0 Å². The summed E-state index contributed by atoms with van der Waals surface area (Å²) in [5.41, 5.74) is 6.39. The second-order valence-corrected chi connectivity index (χ2v) is 5.43.